The molecule has 0 aromatic heterocycles. The summed E-state index contributed by atoms with van der Waals surface area (Å²) in [5.74, 6) is 0.107. The van der Waals surface area contributed by atoms with Crippen LogP contribution in [0.1, 0.15) is 31.9 Å². The molecule has 0 radical (unpaired) electrons. The Morgan fingerprint density at radius 3 is 2.26 bits per heavy atom. The van der Waals surface area contributed by atoms with Gasteiger partial charge in [-0.15, -0.1) is 0 Å². The summed E-state index contributed by atoms with van der Waals surface area (Å²) in [7, 11) is -3.89. The standard InChI is InChI=1S/C32H38BrN3O6S/c1-4-43(39,40)36(27-14-15-29-30(19-27)42-17-16-41-29)22-31(37)35(21-25-10-12-26(33)13-11-25)28(32(38)34-20-23(2)3)18-24-8-6-5-7-9-24/h5-15,19,23,28H,4,16-18,20-22H2,1-3H3,(H,34,38)/t28-/m0/s1. The third kappa shape index (κ3) is 8.73. The third-order valence-electron chi connectivity index (χ3n) is 7.02. The molecule has 1 aliphatic rings. The Hall–Kier alpha value is -3.57. The highest BCUT2D eigenvalue weighted by Gasteiger charge is 2.34. The molecule has 1 heterocycles. The fraction of sp³-hybridized carbons (Fsp3) is 0.375. The Morgan fingerprint density at radius 1 is 0.930 bits per heavy atom. The predicted molar refractivity (Wildman–Crippen MR) is 171 cm³/mol. The van der Waals surface area contributed by atoms with Crippen LogP contribution in [0.2, 0.25) is 0 Å². The Balaban J connectivity index is 1.73. The van der Waals surface area contributed by atoms with E-state index >= 15 is 0 Å². The van der Waals surface area contributed by atoms with Crippen molar-refractivity contribution in [2.45, 2.75) is 39.8 Å². The number of nitrogens with one attached hydrogen (secondary N) is 1. The minimum absolute atomic E-state index is 0.111. The molecule has 230 valence electrons. The van der Waals surface area contributed by atoms with Crippen molar-refractivity contribution in [2.24, 2.45) is 5.92 Å². The fourth-order valence-electron chi connectivity index (χ4n) is 4.67. The Morgan fingerprint density at radius 2 is 1.60 bits per heavy atom. The quantitative estimate of drug-likeness (QED) is 0.280. The van der Waals surface area contributed by atoms with Crippen LogP contribution in [0.3, 0.4) is 0 Å². The predicted octanol–water partition coefficient (Wildman–Crippen LogP) is 4.79. The molecule has 4 rings (SSSR count). The molecule has 1 N–H and O–H groups in total. The van der Waals surface area contributed by atoms with Gasteiger partial charge in [0.25, 0.3) is 0 Å². The van der Waals surface area contributed by atoms with Gasteiger partial charge in [0.1, 0.15) is 25.8 Å². The zero-order chi connectivity index (χ0) is 31.0. The molecule has 3 aromatic carbocycles. The largest absolute Gasteiger partial charge is 0.486 e. The van der Waals surface area contributed by atoms with Crippen LogP contribution in [-0.2, 0) is 32.6 Å². The van der Waals surface area contributed by atoms with E-state index in [1.807, 2.05) is 68.4 Å². The van der Waals surface area contributed by atoms with Gasteiger partial charge < -0.3 is 19.7 Å². The van der Waals surface area contributed by atoms with Crippen molar-refractivity contribution < 1.29 is 27.5 Å². The third-order valence-corrected chi connectivity index (χ3v) is 9.28. The zero-order valence-corrected chi connectivity index (χ0v) is 27.1. The van der Waals surface area contributed by atoms with Gasteiger partial charge in [0.2, 0.25) is 21.8 Å². The van der Waals surface area contributed by atoms with E-state index in [4.69, 9.17) is 9.47 Å². The molecule has 43 heavy (non-hydrogen) atoms. The van der Waals surface area contributed by atoms with Crippen LogP contribution in [0.4, 0.5) is 5.69 Å². The summed E-state index contributed by atoms with van der Waals surface area (Å²) in [4.78, 5) is 29.5. The number of benzene rings is 3. The molecule has 0 saturated carbocycles. The molecule has 11 heteroatoms. The van der Waals surface area contributed by atoms with E-state index < -0.39 is 28.5 Å². The highest BCUT2D eigenvalue weighted by atomic mass is 79.9. The van der Waals surface area contributed by atoms with Gasteiger partial charge in [-0.3, -0.25) is 13.9 Å². The summed E-state index contributed by atoms with van der Waals surface area (Å²) in [6.07, 6.45) is 0.261. The normalized spacial score (nSPS) is 13.3. The minimum Gasteiger partial charge on any atom is -0.486 e. The molecule has 0 spiro atoms. The number of nitrogens with zero attached hydrogens (tertiary/aromatic N) is 2. The molecular formula is C32H38BrN3O6S. The van der Waals surface area contributed by atoms with Crippen molar-refractivity contribution in [3.05, 3.63) is 88.4 Å². The van der Waals surface area contributed by atoms with E-state index in [2.05, 4.69) is 21.2 Å². The molecule has 3 aromatic rings. The van der Waals surface area contributed by atoms with Crippen molar-refractivity contribution in [3.63, 3.8) is 0 Å². The number of anilines is 1. The molecule has 0 unspecified atom stereocenters. The van der Waals surface area contributed by atoms with E-state index in [0.29, 0.717) is 31.3 Å². The SMILES string of the molecule is CCS(=O)(=O)N(CC(=O)N(Cc1ccc(Br)cc1)[C@@H](Cc1ccccc1)C(=O)NCC(C)C)c1ccc2c(c1)OCCO2. The maximum atomic E-state index is 14.3. The van der Waals surface area contributed by atoms with Crippen LogP contribution < -0.4 is 19.1 Å². The highest BCUT2D eigenvalue weighted by molar-refractivity contribution is 9.10. The van der Waals surface area contributed by atoms with E-state index in [1.54, 1.807) is 18.2 Å². The van der Waals surface area contributed by atoms with Gasteiger partial charge in [-0.25, -0.2) is 8.42 Å². The number of hydrogen-bond acceptors (Lipinski definition) is 6. The van der Waals surface area contributed by atoms with Gasteiger partial charge in [-0.2, -0.15) is 0 Å². The van der Waals surface area contributed by atoms with Crippen molar-refractivity contribution in [1.29, 1.82) is 0 Å². The lowest BCUT2D eigenvalue weighted by molar-refractivity contribution is -0.140. The average molecular weight is 673 g/mol. The number of carbonyl (C=O) groups excluding carboxylic acids is 2. The number of fused-ring (bicyclic) bond motifs is 1. The number of hydrogen-bond donors (Lipinski definition) is 1. The van der Waals surface area contributed by atoms with Gasteiger partial charge >= 0.3 is 0 Å². The van der Waals surface area contributed by atoms with Crippen molar-refractivity contribution in [1.82, 2.24) is 10.2 Å². The van der Waals surface area contributed by atoms with Crippen molar-refractivity contribution in [3.8, 4) is 11.5 Å². The smallest absolute Gasteiger partial charge is 0.244 e. The Labute approximate surface area is 262 Å². The summed E-state index contributed by atoms with van der Waals surface area (Å²) in [5.41, 5.74) is 1.97. The van der Waals surface area contributed by atoms with E-state index in [1.165, 1.54) is 11.8 Å². The monoisotopic (exact) mass is 671 g/mol. The van der Waals surface area contributed by atoms with Crippen LogP contribution in [-0.4, -0.2) is 63.2 Å². The lowest BCUT2D eigenvalue weighted by Crippen LogP contribution is -2.54. The van der Waals surface area contributed by atoms with Crippen LogP contribution in [0.15, 0.2) is 77.3 Å². The number of carbonyl (C=O) groups is 2. The molecule has 1 atom stereocenters. The Kier molecular flexibility index (Phi) is 11.1. The maximum absolute atomic E-state index is 14.3. The highest BCUT2D eigenvalue weighted by Crippen LogP contribution is 2.35. The number of halogens is 1. The van der Waals surface area contributed by atoms with Gasteiger partial charge in [-0.1, -0.05) is 72.2 Å². The minimum atomic E-state index is -3.89. The molecule has 9 nitrogen and oxygen atoms in total. The van der Waals surface area contributed by atoms with E-state index in [0.717, 1.165) is 19.9 Å². The fourth-order valence-corrected chi connectivity index (χ4v) is 5.99. The first-order chi connectivity index (χ1) is 20.6. The number of amides is 2. The zero-order valence-electron chi connectivity index (χ0n) is 24.7. The number of ether oxygens (including phenoxy) is 2. The van der Waals surface area contributed by atoms with E-state index in [-0.39, 0.29) is 36.2 Å². The molecule has 0 bridgehead atoms. The van der Waals surface area contributed by atoms with Crippen molar-refractivity contribution >= 4 is 43.5 Å². The van der Waals surface area contributed by atoms with Gasteiger partial charge in [0, 0.05) is 30.0 Å². The van der Waals surface area contributed by atoms with Gasteiger partial charge in [0.15, 0.2) is 11.5 Å². The number of sulfonamides is 1. The summed E-state index contributed by atoms with van der Waals surface area (Å²) >= 11 is 3.45. The maximum Gasteiger partial charge on any atom is 0.244 e. The summed E-state index contributed by atoms with van der Waals surface area (Å²) < 4.78 is 40.0. The lowest BCUT2D eigenvalue weighted by Gasteiger charge is -2.34. The first kappa shape index (κ1) is 32.3. The molecule has 0 saturated heterocycles. The summed E-state index contributed by atoms with van der Waals surface area (Å²) in [5, 5.41) is 2.99. The van der Waals surface area contributed by atoms with Gasteiger partial charge in [-0.05, 0) is 48.2 Å². The lowest BCUT2D eigenvalue weighted by atomic mass is 10.0. The van der Waals surface area contributed by atoms with Crippen LogP contribution in [0.25, 0.3) is 0 Å². The molecule has 1 aliphatic heterocycles. The van der Waals surface area contributed by atoms with Crippen LogP contribution in [0, 0.1) is 5.92 Å². The molecular weight excluding hydrogens is 634 g/mol. The molecule has 2 amide bonds. The second kappa shape index (κ2) is 14.7. The molecule has 0 fully saturated rings. The topological polar surface area (TPSA) is 105 Å². The number of rotatable bonds is 13. The first-order valence-electron chi connectivity index (χ1n) is 14.3. The Bertz CT molecular complexity index is 1500. The van der Waals surface area contributed by atoms with Gasteiger partial charge in [0.05, 0.1) is 11.4 Å². The second-order valence-electron chi connectivity index (χ2n) is 10.7. The summed E-state index contributed by atoms with van der Waals surface area (Å²) in [6.45, 7) is 6.32. The van der Waals surface area contributed by atoms with E-state index in [9.17, 15) is 18.0 Å². The second-order valence-corrected chi connectivity index (χ2v) is 13.8. The summed E-state index contributed by atoms with van der Waals surface area (Å²) in [6, 6.07) is 20.9. The van der Waals surface area contributed by atoms with Crippen molar-refractivity contribution in [2.75, 3.05) is 36.4 Å². The molecule has 0 aliphatic carbocycles. The van der Waals surface area contributed by atoms with Crippen LogP contribution in [0.5, 0.6) is 11.5 Å². The van der Waals surface area contributed by atoms with Crippen LogP contribution >= 0.6 is 15.9 Å². The first-order valence-corrected chi connectivity index (χ1v) is 16.7. The average Bonchev–Trinajstić information content (AvgIpc) is 3.01.